The van der Waals surface area contributed by atoms with E-state index in [9.17, 15) is 0 Å². The molecule has 54 valence electrons. The van der Waals surface area contributed by atoms with Crippen molar-refractivity contribution in [2.24, 2.45) is 5.16 Å². The third-order valence-corrected chi connectivity index (χ3v) is 0.965. The maximum absolute atomic E-state index is 4.75. The Labute approximate surface area is 56.9 Å². The van der Waals surface area contributed by atoms with E-state index in [1.165, 1.54) is 12.8 Å². The summed E-state index contributed by atoms with van der Waals surface area (Å²) in [5.41, 5.74) is 0. The molecule has 9 heavy (non-hydrogen) atoms. The molecule has 0 heterocycles. The molecular formula is C7H15NO. The van der Waals surface area contributed by atoms with Gasteiger partial charge in [-0.25, -0.2) is 0 Å². The summed E-state index contributed by atoms with van der Waals surface area (Å²) in [5, 5.41) is 3.70. The summed E-state index contributed by atoms with van der Waals surface area (Å²) in [4.78, 5) is 4.75. The van der Waals surface area contributed by atoms with E-state index in [1.54, 1.807) is 0 Å². The Hall–Kier alpha value is -0.530. The van der Waals surface area contributed by atoms with E-state index in [-0.39, 0.29) is 0 Å². The lowest BCUT2D eigenvalue weighted by Gasteiger charge is -1.89. The van der Waals surface area contributed by atoms with Crippen LogP contribution < -0.4 is 0 Å². The Bertz CT molecular complexity index is 71.3. The molecule has 2 heteroatoms. The molecule has 0 aliphatic heterocycles. The van der Waals surface area contributed by atoms with E-state index in [0.29, 0.717) is 6.61 Å². The van der Waals surface area contributed by atoms with Gasteiger partial charge >= 0.3 is 0 Å². The monoisotopic (exact) mass is 129 g/mol. The summed E-state index contributed by atoms with van der Waals surface area (Å²) >= 11 is 0. The molecule has 0 unspecified atom stereocenters. The molecule has 0 saturated heterocycles. The Morgan fingerprint density at radius 2 is 2.22 bits per heavy atom. The topological polar surface area (TPSA) is 21.6 Å². The zero-order valence-corrected chi connectivity index (χ0v) is 6.26. The zero-order chi connectivity index (χ0) is 6.95. The minimum absolute atomic E-state index is 0.669. The average molecular weight is 129 g/mol. The first kappa shape index (κ1) is 8.47. The molecule has 0 fully saturated rings. The summed E-state index contributed by atoms with van der Waals surface area (Å²) < 4.78 is 0. The van der Waals surface area contributed by atoms with Crippen molar-refractivity contribution in [3.8, 4) is 0 Å². The second kappa shape index (κ2) is 7.47. The fourth-order valence-electron chi connectivity index (χ4n) is 0.475. The summed E-state index contributed by atoms with van der Waals surface area (Å²) in [6, 6.07) is 0. The van der Waals surface area contributed by atoms with E-state index in [2.05, 4.69) is 12.1 Å². The zero-order valence-electron chi connectivity index (χ0n) is 6.26. The van der Waals surface area contributed by atoms with Crippen molar-refractivity contribution in [1.29, 1.82) is 0 Å². The van der Waals surface area contributed by atoms with Crippen molar-refractivity contribution in [3.05, 3.63) is 0 Å². The van der Waals surface area contributed by atoms with Crippen LogP contribution in [0.1, 0.15) is 33.1 Å². The second-order valence-corrected chi connectivity index (χ2v) is 1.85. The molecule has 0 aromatic heterocycles. The summed E-state index contributed by atoms with van der Waals surface area (Å²) in [6.07, 6.45) is 5.29. The van der Waals surface area contributed by atoms with Crippen molar-refractivity contribution in [1.82, 2.24) is 0 Å². The van der Waals surface area contributed by atoms with Gasteiger partial charge in [0, 0.05) is 6.21 Å². The predicted molar refractivity (Wildman–Crippen MR) is 39.6 cm³/mol. The molecule has 0 rings (SSSR count). The molecular weight excluding hydrogens is 114 g/mol. The number of hydrogen-bond donors (Lipinski definition) is 0. The van der Waals surface area contributed by atoms with Crippen molar-refractivity contribution >= 4 is 6.21 Å². The lowest BCUT2D eigenvalue weighted by Crippen LogP contribution is -1.80. The van der Waals surface area contributed by atoms with E-state index >= 15 is 0 Å². The number of oxime groups is 1. The first-order valence-electron chi connectivity index (χ1n) is 3.55. The van der Waals surface area contributed by atoms with Gasteiger partial charge in [-0.05, 0) is 19.8 Å². The van der Waals surface area contributed by atoms with Gasteiger partial charge in [-0.1, -0.05) is 18.5 Å². The van der Waals surface area contributed by atoms with Crippen LogP contribution in [0.5, 0.6) is 0 Å². The van der Waals surface area contributed by atoms with E-state index in [0.717, 1.165) is 6.42 Å². The van der Waals surface area contributed by atoms with E-state index in [1.807, 2.05) is 13.1 Å². The van der Waals surface area contributed by atoms with Gasteiger partial charge in [-0.3, -0.25) is 0 Å². The van der Waals surface area contributed by atoms with Gasteiger partial charge in [-0.15, -0.1) is 0 Å². The first-order valence-corrected chi connectivity index (χ1v) is 3.55. The minimum Gasteiger partial charge on any atom is -0.396 e. The standard InChI is InChI=1S/C7H15NO/c1-3-5-6-7-8-9-4-2/h7H,3-6H2,1-2H3/b8-7-. The van der Waals surface area contributed by atoms with Gasteiger partial charge in [0.15, 0.2) is 0 Å². The van der Waals surface area contributed by atoms with Crippen LogP contribution >= 0.6 is 0 Å². The quantitative estimate of drug-likeness (QED) is 0.317. The van der Waals surface area contributed by atoms with Gasteiger partial charge < -0.3 is 4.84 Å². The highest BCUT2D eigenvalue weighted by molar-refractivity contribution is 5.55. The number of rotatable bonds is 5. The number of unbranched alkanes of at least 4 members (excludes halogenated alkanes) is 2. The Kier molecular flexibility index (Phi) is 7.03. The fraction of sp³-hybridized carbons (Fsp3) is 0.857. The highest BCUT2D eigenvalue weighted by atomic mass is 16.6. The fourth-order valence-corrected chi connectivity index (χ4v) is 0.475. The van der Waals surface area contributed by atoms with Crippen molar-refractivity contribution in [2.45, 2.75) is 33.1 Å². The molecule has 0 saturated carbocycles. The van der Waals surface area contributed by atoms with Crippen molar-refractivity contribution in [2.75, 3.05) is 6.61 Å². The maximum Gasteiger partial charge on any atom is 0.114 e. The van der Waals surface area contributed by atoms with Gasteiger partial charge in [0.1, 0.15) is 6.61 Å². The lowest BCUT2D eigenvalue weighted by molar-refractivity contribution is 0.160. The van der Waals surface area contributed by atoms with Crippen LogP contribution in [0.4, 0.5) is 0 Å². The third kappa shape index (κ3) is 7.47. The van der Waals surface area contributed by atoms with Crippen molar-refractivity contribution in [3.63, 3.8) is 0 Å². The van der Waals surface area contributed by atoms with Crippen LogP contribution in [0.2, 0.25) is 0 Å². The highest BCUT2D eigenvalue weighted by Crippen LogP contribution is 1.89. The predicted octanol–water partition coefficient (Wildman–Crippen LogP) is 2.20. The molecule has 0 bridgehead atoms. The highest BCUT2D eigenvalue weighted by Gasteiger charge is 1.77. The van der Waals surface area contributed by atoms with Gasteiger partial charge in [0.05, 0.1) is 0 Å². The van der Waals surface area contributed by atoms with Crippen LogP contribution in [0.25, 0.3) is 0 Å². The van der Waals surface area contributed by atoms with E-state index < -0.39 is 0 Å². The molecule has 0 radical (unpaired) electrons. The second-order valence-electron chi connectivity index (χ2n) is 1.85. The Morgan fingerprint density at radius 3 is 2.78 bits per heavy atom. The molecule has 0 N–H and O–H groups in total. The Morgan fingerprint density at radius 1 is 1.44 bits per heavy atom. The molecule has 0 amide bonds. The van der Waals surface area contributed by atoms with Crippen LogP contribution in [0.15, 0.2) is 5.16 Å². The summed E-state index contributed by atoms with van der Waals surface area (Å²) in [5.74, 6) is 0. The third-order valence-electron chi connectivity index (χ3n) is 0.965. The molecule has 0 spiro atoms. The van der Waals surface area contributed by atoms with E-state index in [4.69, 9.17) is 4.84 Å². The molecule has 0 atom stereocenters. The SMILES string of the molecule is CCCC/C=N\OCC. The first-order chi connectivity index (χ1) is 4.41. The molecule has 0 aliphatic carbocycles. The summed E-state index contributed by atoms with van der Waals surface area (Å²) in [7, 11) is 0. The van der Waals surface area contributed by atoms with Gasteiger partial charge in [0.25, 0.3) is 0 Å². The molecule has 0 aromatic carbocycles. The molecule has 0 aliphatic rings. The lowest BCUT2D eigenvalue weighted by atomic mass is 10.3. The normalized spacial score (nSPS) is 10.4. The largest absolute Gasteiger partial charge is 0.396 e. The van der Waals surface area contributed by atoms with Gasteiger partial charge in [0.2, 0.25) is 0 Å². The van der Waals surface area contributed by atoms with Crippen LogP contribution in [-0.4, -0.2) is 12.8 Å². The smallest absolute Gasteiger partial charge is 0.114 e. The Balaban J connectivity index is 2.86. The average Bonchev–Trinajstić information content (AvgIpc) is 1.89. The van der Waals surface area contributed by atoms with Gasteiger partial charge in [-0.2, -0.15) is 0 Å². The number of hydrogen-bond acceptors (Lipinski definition) is 2. The summed E-state index contributed by atoms with van der Waals surface area (Å²) in [6.45, 7) is 4.76. The minimum atomic E-state index is 0.669. The number of nitrogens with zero attached hydrogens (tertiary/aromatic N) is 1. The van der Waals surface area contributed by atoms with Crippen molar-refractivity contribution < 1.29 is 4.84 Å². The van der Waals surface area contributed by atoms with Crippen LogP contribution in [-0.2, 0) is 4.84 Å². The van der Waals surface area contributed by atoms with Crippen LogP contribution in [0.3, 0.4) is 0 Å². The molecule has 2 nitrogen and oxygen atoms in total. The maximum atomic E-state index is 4.75. The van der Waals surface area contributed by atoms with Crippen LogP contribution in [0, 0.1) is 0 Å². The molecule has 0 aromatic rings.